The Morgan fingerprint density at radius 2 is 1.72 bits per heavy atom. The van der Waals surface area contributed by atoms with Crippen LogP contribution in [0.15, 0.2) is 48.8 Å². The van der Waals surface area contributed by atoms with Crippen molar-refractivity contribution in [2.45, 2.75) is 46.0 Å². The van der Waals surface area contributed by atoms with E-state index in [9.17, 15) is 22.8 Å². The normalized spacial score (nSPS) is 16.1. The molecule has 2 aliphatic heterocycles. The van der Waals surface area contributed by atoms with E-state index in [1.807, 2.05) is 12.1 Å². The molecule has 12 heteroatoms. The average molecular weight is 597 g/mol. The summed E-state index contributed by atoms with van der Waals surface area (Å²) < 4.78 is 48.1. The minimum absolute atomic E-state index is 0.114. The van der Waals surface area contributed by atoms with Crippen LogP contribution in [0.4, 0.5) is 19.0 Å². The number of likely N-dealkylation sites (N-methyl/N-ethyl adjacent to an activating group) is 1. The number of fused-ring (bicyclic) bond motifs is 1. The lowest BCUT2D eigenvalue weighted by Gasteiger charge is -2.34. The molecule has 9 nitrogen and oxygen atoms in total. The van der Waals surface area contributed by atoms with Crippen molar-refractivity contribution in [3.8, 4) is 11.6 Å². The van der Waals surface area contributed by atoms with Gasteiger partial charge in [0.05, 0.1) is 12.0 Å². The van der Waals surface area contributed by atoms with E-state index < -0.39 is 11.7 Å². The van der Waals surface area contributed by atoms with Crippen molar-refractivity contribution in [2.24, 2.45) is 0 Å². The lowest BCUT2D eigenvalue weighted by molar-refractivity contribution is -0.138. The zero-order valence-corrected chi connectivity index (χ0v) is 24.3. The fourth-order valence-corrected chi connectivity index (χ4v) is 5.50. The summed E-state index contributed by atoms with van der Waals surface area (Å²) in [6, 6.07) is 11.4. The Labute approximate surface area is 248 Å². The predicted octanol–water partition coefficient (Wildman–Crippen LogP) is 4.51. The molecule has 2 aliphatic rings. The number of nitrogens with zero attached hydrogens (tertiary/aromatic N) is 5. The van der Waals surface area contributed by atoms with Crippen LogP contribution in [-0.2, 0) is 41.7 Å². The number of hydrogen-bond donors (Lipinski definition) is 1. The molecule has 0 atom stereocenters. The highest BCUT2D eigenvalue weighted by Gasteiger charge is 2.34. The minimum Gasteiger partial charge on any atom is -0.439 e. The molecule has 0 radical (unpaired) electrons. The number of piperazine rings is 1. The SMILES string of the molecule is CCN1CCN(Cc2ccc(CC(=O)N3CCc4ccc(Oc5cc(NC(C)=O)ncn5)cc4C3)cc2C(F)(F)F)CC1. The Balaban J connectivity index is 1.24. The highest BCUT2D eigenvalue weighted by molar-refractivity contribution is 5.87. The summed E-state index contributed by atoms with van der Waals surface area (Å²) in [5, 5.41) is 2.58. The third-order valence-corrected chi connectivity index (χ3v) is 7.85. The maximum atomic E-state index is 14.1. The van der Waals surface area contributed by atoms with E-state index in [0.29, 0.717) is 36.6 Å². The minimum atomic E-state index is -4.51. The smallest absolute Gasteiger partial charge is 0.416 e. The number of amides is 2. The fraction of sp³-hybridized carbons (Fsp3) is 0.419. The average Bonchev–Trinajstić information content (AvgIpc) is 2.97. The first-order valence-corrected chi connectivity index (χ1v) is 14.4. The highest BCUT2D eigenvalue weighted by Crippen LogP contribution is 2.34. The second kappa shape index (κ2) is 13.1. The van der Waals surface area contributed by atoms with Crippen molar-refractivity contribution in [3.05, 3.63) is 76.6 Å². The maximum Gasteiger partial charge on any atom is 0.416 e. The third-order valence-electron chi connectivity index (χ3n) is 7.85. The lowest BCUT2D eigenvalue weighted by atomic mass is 9.97. The maximum absolute atomic E-state index is 14.1. The molecule has 228 valence electrons. The summed E-state index contributed by atoms with van der Waals surface area (Å²) in [5.41, 5.74) is 1.87. The number of aromatic nitrogens is 2. The van der Waals surface area contributed by atoms with Crippen LogP contribution < -0.4 is 10.1 Å². The molecule has 2 amide bonds. The van der Waals surface area contributed by atoms with Gasteiger partial charge in [0.15, 0.2) is 0 Å². The van der Waals surface area contributed by atoms with E-state index in [-0.39, 0.29) is 36.2 Å². The van der Waals surface area contributed by atoms with Gasteiger partial charge in [-0.15, -0.1) is 0 Å². The number of hydrogen-bond acceptors (Lipinski definition) is 7. The molecular formula is C31H35F3N6O3. The highest BCUT2D eigenvalue weighted by atomic mass is 19.4. The molecule has 0 aliphatic carbocycles. The van der Waals surface area contributed by atoms with Gasteiger partial charge in [-0.2, -0.15) is 13.2 Å². The van der Waals surface area contributed by atoms with Crippen LogP contribution >= 0.6 is 0 Å². The number of nitrogens with one attached hydrogen (secondary N) is 1. The molecule has 1 N–H and O–H groups in total. The van der Waals surface area contributed by atoms with Gasteiger partial charge in [0.1, 0.15) is 17.9 Å². The van der Waals surface area contributed by atoms with Crippen molar-refractivity contribution in [3.63, 3.8) is 0 Å². The summed E-state index contributed by atoms with van der Waals surface area (Å²) in [6.45, 7) is 8.57. The van der Waals surface area contributed by atoms with Crippen molar-refractivity contribution in [1.29, 1.82) is 0 Å². The largest absolute Gasteiger partial charge is 0.439 e. The Kier molecular flexibility index (Phi) is 9.26. The van der Waals surface area contributed by atoms with E-state index >= 15 is 0 Å². The van der Waals surface area contributed by atoms with Gasteiger partial charge in [0.25, 0.3) is 0 Å². The molecule has 3 heterocycles. The zero-order valence-electron chi connectivity index (χ0n) is 24.3. The Hall–Kier alpha value is -4.03. The number of alkyl halides is 3. The van der Waals surface area contributed by atoms with E-state index in [1.54, 1.807) is 17.0 Å². The number of ether oxygens (including phenoxy) is 1. The molecule has 2 aromatic carbocycles. The van der Waals surface area contributed by atoms with Gasteiger partial charge in [-0.25, -0.2) is 9.97 Å². The number of carbonyl (C=O) groups excluding carboxylic acids is 2. The predicted molar refractivity (Wildman–Crippen MR) is 155 cm³/mol. The lowest BCUT2D eigenvalue weighted by Crippen LogP contribution is -2.45. The van der Waals surface area contributed by atoms with Crippen LogP contribution in [0.3, 0.4) is 0 Å². The summed E-state index contributed by atoms with van der Waals surface area (Å²) >= 11 is 0. The molecule has 0 bridgehead atoms. The van der Waals surface area contributed by atoms with Crippen LogP contribution in [0.5, 0.6) is 11.6 Å². The summed E-state index contributed by atoms with van der Waals surface area (Å²) in [7, 11) is 0. The van der Waals surface area contributed by atoms with E-state index in [0.717, 1.165) is 49.9 Å². The third kappa shape index (κ3) is 7.88. The molecule has 0 unspecified atom stereocenters. The Morgan fingerprint density at radius 1 is 0.953 bits per heavy atom. The van der Waals surface area contributed by atoms with Gasteiger partial charge < -0.3 is 19.9 Å². The fourth-order valence-electron chi connectivity index (χ4n) is 5.50. The van der Waals surface area contributed by atoms with Gasteiger partial charge in [-0.05, 0) is 53.4 Å². The number of carbonyl (C=O) groups is 2. The summed E-state index contributed by atoms with van der Waals surface area (Å²) in [4.78, 5) is 38.6. The second-order valence-corrected chi connectivity index (χ2v) is 10.9. The molecule has 0 spiro atoms. The Morgan fingerprint density at radius 3 is 2.44 bits per heavy atom. The van der Waals surface area contributed by atoms with Crippen molar-refractivity contribution >= 4 is 17.6 Å². The topological polar surface area (TPSA) is 90.9 Å². The van der Waals surface area contributed by atoms with Crippen molar-refractivity contribution < 1.29 is 27.5 Å². The van der Waals surface area contributed by atoms with Crippen molar-refractivity contribution in [2.75, 3.05) is 44.6 Å². The number of halogens is 3. The first kappa shape index (κ1) is 30.4. The van der Waals surface area contributed by atoms with Crippen LogP contribution in [0.25, 0.3) is 0 Å². The molecule has 43 heavy (non-hydrogen) atoms. The van der Waals surface area contributed by atoms with Crippen LogP contribution in [0, 0.1) is 0 Å². The summed E-state index contributed by atoms with van der Waals surface area (Å²) in [5.74, 6) is 0.555. The number of rotatable bonds is 8. The van der Waals surface area contributed by atoms with Gasteiger partial charge in [0.2, 0.25) is 17.7 Å². The number of anilines is 1. The van der Waals surface area contributed by atoms with Gasteiger partial charge in [0, 0.05) is 58.8 Å². The van der Waals surface area contributed by atoms with Gasteiger partial charge in [-0.1, -0.05) is 25.1 Å². The van der Waals surface area contributed by atoms with Crippen molar-refractivity contribution in [1.82, 2.24) is 24.7 Å². The first-order valence-electron chi connectivity index (χ1n) is 14.4. The molecule has 3 aromatic rings. The number of benzene rings is 2. The van der Waals surface area contributed by atoms with Gasteiger partial charge >= 0.3 is 6.18 Å². The molecule has 1 aromatic heterocycles. The molecule has 1 fully saturated rings. The zero-order chi connectivity index (χ0) is 30.6. The van der Waals surface area contributed by atoms with E-state index in [1.165, 1.54) is 25.4 Å². The second-order valence-electron chi connectivity index (χ2n) is 10.9. The molecule has 5 rings (SSSR count). The van der Waals surface area contributed by atoms with E-state index in [2.05, 4.69) is 32.0 Å². The molecular weight excluding hydrogens is 561 g/mol. The monoisotopic (exact) mass is 596 g/mol. The first-order chi connectivity index (χ1) is 20.6. The van der Waals surface area contributed by atoms with Gasteiger partial charge in [-0.3, -0.25) is 14.5 Å². The molecule has 0 saturated carbocycles. The van der Waals surface area contributed by atoms with Crippen LogP contribution in [0.2, 0.25) is 0 Å². The standard InChI is InChI=1S/C31H35F3N6O3/c1-3-38-10-12-39(13-11-38)18-24-5-4-22(14-27(24)31(32,33)34)15-30(42)40-9-8-23-6-7-26(16-25(23)19-40)43-29-17-28(35-20-36-29)37-21(2)41/h4-7,14,16-17,20H,3,8-13,15,18-19H2,1-2H3,(H,35,36,37,41). The van der Waals surface area contributed by atoms with E-state index in [4.69, 9.17) is 4.74 Å². The Bertz CT molecular complexity index is 1470. The molecule has 1 saturated heterocycles. The quantitative estimate of drug-likeness (QED) is 0.409. The van der Waals surface area contributed by atoms with Crippen LogP contribution in [0.1, 0.15) is 41.7 Å². The summed E-state index contributed by atoms with van der Waals surface area (Å²) in [6.07, 6.45) is -2.72. The van der Waals surface area contributed by atoms with Crippen LogP contribution in [-0.4, -0.2) is 75.8 Å².